The maximum absolute atomic E-state index is 13.2. The highest BCUT2D eigenvalue weighted by molar-refractivity contribution is 6.07. The van der Waals surface area contributed by atoms with Crippen molar-refractivity contribution < 1.29 is 27.6 Å². The van der Waals surface area contributed by atoms with E-state index in [4.69, 9.17) is 0 Å². The first-order chi connectivity index (χ1) is 14.6. The van der Waals surface area contributed by atoms with E-state index < -0.39 is 29.2 Å². The molecule has 1 atom stereocenters. The minimum Gasteiger partial charge on any atom is -0.334 e. The van der Waals surface area contributed by atoms with Crippen LogP contribution < -0.4 is 10.6 Å². The summed E-state index contributed by atoms with van der Waals surface area (Å²) >= 11 is 0. The van der Waals surface area contributed by atoms with Gasteiger partial charge in [-0.2, -0.15) is 13.2 Å². The number of benzene rings is 1. The number of hydrogen-bond acceptors (Lipinski definition) is 5. The van der Waals surface area contributed by atoms with Crippen LogP contribution in [-0.4, -0.2) is 32.7 Å². The Kier molecular flexibility index (Phi) is 4.91. The number of imide groups is 1. The number of hydrogen-bond donors (Lipinski definition) is 2. The Hall–Kier alpha value is -3.50. The Morgan fingerprint density at radius 1 is 1.19 bits per heavy atom. The van der Waals surface area contributed by atoms with Crippen molar-refractivity contribution >= 4 is 17.8 Å². The fourth-order valence-electron chi connectivity index (χ4n) is 4.00. The molecular formula is C20H18F3N5O3. The van der Waals surface area contributed by atoms with E-state index in [0.717, 1.165) is 6.07 Å². The molecule has 1 aromatic heterocycles. The van der Waals surface area contributed by atoms with E-state index in [0.29, 0.717) is 11.1 Å². The molecule has 0 saturated carbocycles. The Bertz CT molecular complexity index is 1070. The van der Waals surface area contributed by atoms with Gasteiger partial charge in [-0.3, -0.25) is 24.9 Å². The third kappa shape index (κ3) is 3.71. The third-order valence-electron chi connectivity index (χ3n) is 5.58. The Balaban J connectivity index is 1.51. The van der Waals surface area contributed by atoms with Gasteiger partial charge in [0.1, 0.15) is 0 Å². The zero-order chi connectivity index (χ0) is 22.4. The number of amides is 4. The first-order valence-corrected chi connectivity index (χ1v) is 9.47. The molecule has 2 aliphatic rings. The number of rotatable bonds is 4. The molecular weight excluding hydrogens is 415 g/mol. The van der Waals surface area contributed by atoms with Gasteiger partial charge in [-0.05, 0) is 36.1 Å². The fraction of sp³-hybridized carbons (Fsp3) is 0.350. The summed E-state index contributed by atoms with van der Waals surface area (Å²) < 4.78 is 39.5. The first-order valence-electron chi connectivity index (χ1n) is 9.47. The van der Waals surface area contributed by atoms with Gasteiger partial charge < -0.3 is 10.2 Å². The lowest BCUT2D eigenvalue weighted by Crippen LogP contribution is -2.45. The van der Waals surface area contributed by atoms with Gasteiger partial charge in [0.15, 0.2) is 5.54 Å². The fourth-order valence-corrected chi connectivity index (χ4v) is 4.00. The van der Waals surface area contributed by atoms with Gasteiger partial charge >= 0.3 is 12.2 Å². The molecule has 0 radical (unpaired) electrons. The molecule has 2 aromatic rings. The molecule has 1 saturated heterocycles. The number of carbonyl (C=O) groups is 3. The van der Waals surface area contributed by atoms with Crippen LogP contribution in [0.15, 0.2) is 30.7 Å². The van der Waals surface area contributed by atoms with Gasteiger partial charge in [-0.1, -0.05) is 6.07 Å². The number of aryl methyl sites for hydroxylation is 1. The van der Waals surface area contributed by atoms with Crippen molar-refractivity contribution in [1.82, 2.24) is 25.5 Å². The Morgan fingerprint density at radius 3 is 2.48 bits per heavy atom. The normalized spacial score (nSPS) is 20.5. The van der Waals surface area contributed by atoms with E-state index in [1.54, 1.807) is 0 Å². The molecule has 3 heterocycles. The van der Waals surface area contributed by atoms with Crippen LogP contribution in [0.2, 0.25) is 0 Å². The van der Waals surface area contributed by atoms with Gasteiger partial charge in [0.25, 0.3) is 5.91 Å². The van der Waals surface area contributed by atoms with E-state index in [9.17, 15) is 27.6 Å². The molecule has 1 unspecified atom stereocenters. The summed E-state index contributed by atoms with van der Waals surface area (Å²) in [5, 5.41) is 4.68. The summed E-state index contributed by atoms with van der Waals surface area (Å²) in [5.74, 6) is -0.986. The molecule has 2 N–H and O–H groups in total. The number of halogens is 3. The number of carbonyl (C=O) groups excluding carboxylic acids is 3. The van der Waals surface area contributed by atoms with Crippen LogP contribution in [0.25, 0.3) is 0 Å². The summed E-state index contributed by atoms with van der Waals surface area (Å²) in [6, 6.07) is 1.84. The first kappa shape index (κ1) is 20.8. The van der Waals surface area contributed by atoms with Crippen LogP contribution in [0.5, 0.6) is 0 Å². The Labute approximate surface area is 174 Å². The average molecular weight is 433 g/mol. The van der Waals surface area contributed by atoms with Crippen LogP contribution >= 0.6 is 0 Å². The van der Waals surface area contributed by atoms with Crippen molar-refractivity contribution in [2.75, 3.05) is 0 Å². The highest BCUT2D eigenvalue weighted by Crippen LogP contribution is 2.36. The van der Waals surface area contributed by atoms with Crippen molar-refractivity contribution in [3.63, 3.8) is 0 Å². The molecule has 11 heteroatoms. The molecule has 0 aliphatic carbocycles. The Morgan fingerprint density at radius 2 is 1.90 bits per heavy atom. The summed E-state index contributed by atoms with van der Waals surface area (Å²) in [6.45, 7) is 1.62. The third-order valence-corrected chi connectivity index (χ3v) is 5.58. The molecule has 162 valence electrons. The van der Waals surface area contributed by atoms with Crippen LogP contribution in [0.1, 0.15) is 40.8 Å². The number of nitrogens with zero attached hydrogens (tertiary/aromatic N) is 3. The maximum atomic E-state index is 13.2. The van der Waals surface area contributed by atoms with Gasteiger partial charge in [-0.25, -0.2) is 4.79 Å². The zero-order valence-corrected chi connectivity index (χ0v) is 16.4. The molecule has 4 amide bonds. The van der Waals surface area contributed by atoms with E-state index in [-0.39, 0.29) is 43.1 Å². The number of nitrogens with one attached hydrogen (secondary N) is 2. The van der Waals surface area contributed by atoms with Gasteiger partial charge in [0, 0.05) is 31.9 Å². The molecule has 4 rings (SSSR count). The highest BCUT2D eigenvalue weighted by Gasteiger charge is 2.49. The minimum atomic E-state index is -4.46. The SMILES string of the molecule is Cc1cc2c(cc1C(F)(F)F)CN(C(=O)CCC1(c3cnccn3)NC(=O)NC1=O)C2. The predicted octanol–water partition coefficient (Wildman–Crippen LogP) is 2.16. The summed E-state index contributed by atoms with van der Waals surface area (Å²) in [4.78, 5) is 46.5. The lowest BCUT2D eigenvalue weighted by molar-refractivity contribution is -0.138. The second-order valence-electron chi connectivity index (χ2n) is 7.59. The second-order valence-corrected chi connectivity index (χ2v) is 7.59. The van der Waals surface area contributed by atoms with E-state index in [1.165, 1.54) is 36.5 Å². The van der Waals surface area contributed by atoms with E-state index in [2.05, 4.69) is 20.6 Å². The quantitative estimate of drug-likeness (QED) is 0.720. The number of urea groups is 1. The van der Waals surface area contributed by atoms with Crippen LogP contribution in [0, 0.1) is 6.92 Å². The lowest BCUT2D eigenvalue weighted by Gasteiger charge is -2.25. The van der Waals surface area contributed by atoms with Crippen LogP contribution in [-0.2, 0) is 34.4 Å². The predicted molar refractivity (Wildman–Crippen MR) is 100 cm³/mol. The van der Waals surface area contributed by atoms with Crippen molar-refractivity contribution in [1.29, 1.82) is 0 Å². The van der Waals surface area contributed by atoms with Crippen molar-refractivity contribution in [2.45, 2.75) is 44.6 Å². The monoisotopic (exact) mass is 433 g/mol. The smallest absolute Gasteiger partial charge is 0.334 e. The summed E-state index contributed by atoms with van der Waals surface area (Å²) in [7, 11) is 0. The molecule has 2 aliphatic heterocycles. The summed E-state index contributed by atoms with van der Waals surface area (Å²) in [6.07, 6.45) is -0.536. The molecule has 31 heavy (non-hydrogen) atoms. The number of aromatic nitrogens is 2. The second kappa shape index (κ2) is 7.33. The van der Waals surface area contributed by atoms with Crippen molar-refractivity contribution in [2.24, 2.45) is 0 Å². The minimum absolute atomic E-state index is 0.0498. The lowest BCUT2D eigenvalue weighted by atomic mass is 9.89. The van der Waals surface area contributed by atoms with Gasteiger partial charge in [0.05, 0.1) is 17.5 Å². The van der Waals surface area contributed by atoms with E-state index >= 15 is 0 Å². The number of alkyl halides is 3. The van der Waals surface area contributed by atoms with Crippen molar-refractivity contribution in [3.05, 3.63) is 58.7 Å². The standard InChI is InChI=1S/C20H18F3N5O3/c1-11-6-12-9-28(10-13(12)7-14(11)20(21,22)23)16(29)2-3-19(15-8-24-4-5-25-15)17(30)26-18(31)27-19/h4-8H,2-3,9-10H2,1H3,(H2,26,27,30,31). The van der Waals surface area contributed by atoms with Crippen LogP contribution in [0.4, 0.5) is 18.0 Å². The largest absolute Gasteiger partial charge is 0.416 e. The van der Waals surface area contributed by atoms with E-state index in [1.807, 2.05) is 0 Å². The molecule has 1 fully saturated rings. The van der Waals surface area contributed by atoms with Gasteiger partial charge in [0.2, 0.25) is 5.91 Å². The summed E-state index contributed by atoms with van der Waals surface area (Å²) in [5.41, 5.74) is -0.842. The average Bonchev–Trinajstić information content (AvgIpc) is 3.25. The topological polar surface area (TPSA) is 104 Å². The van der Waals surface area contributed by atoms with Crippen LogP contribution in [0.3, 0.4) is 0 Å². The maximum Gasteiger partial charge on any atom is 0.416 e. The van der Waals surface area contributed by atoms with Gasteiger partial charge in [-0.15, -0.1) is 0 Å². The molecule has 0 spiro atoms. The molecule has 1 aromatic carbocycles. The highest BCUT2D eigenvalue weighted by atomic mass is 19.4. The number of fused-ring (bicyclic) bond motifs is 1. The zero-order valence-electron chi connectivity index (χ0n) is 16.4. The molecule has 0 bridgehead atoms. The van der Waals surface area contributed by atoms with Crippen molar-refractivity contribution in [3.8, 4) is 0 Å². The molecule has 8 nitrogen and oxygen atoms in total.